The Kier molecular flexibility index (Phi) is 5.19. The summed E-state index contributed by atoms with van der Waals surface area (Å²) in [6.45, 7) is 1.93. The van der Waals surface area contributed by atoms with Gasteiger partial charge in [0.15, 0.2) is 0 Å². The van der Waals surface area contributed by atoms with Crippen molar-refractivity contribution in [1.82, 2.24) is 19.9 Å². The largest absolute Gasteiger partial charge is 0.348 e. The summed E-state index contributed by atoms with van der Waals surface area (Å²) in [5.74, 6) is -0.223. The topological polar surface area (TPSA) is 79.6 Å². The molecule has 2 fully saturated rings. The molecule has 1 N–H and O–H groups in total. The zero-order chi connectivity index (χ0) is 17.9. The lowest BCUT2D eigenvalue weighted by Gasteiger charge is -2.22. The Bertz CT molecular complexity index is 832. The maximum atomic E-state index is 12.8. The molecule has 1 aliphatic heterocycles. The molecule has 1 saturated heterocycles. The van der Waals surface area contributed by atoms with Crippen molar-refractivity contribution in [2.24, 2.45) is 0 Å². The van der Waals surface area contributed by atoms with Gasteiger partial charge in [-0.05, 0) is 25.7 Å². The van der Waals surface area contributed by atoms with Crippen LogP contribution in [0.2, 0.25) is 0 Å². The number of carbonyl (C=O) groups is 1. The quantitative estimate of drug-likeness (QED) is 0.892. The summed E-state index contributed by atoms with van der Waals surface area (Å²) in [7, 11) is 0. The van der Waals surface area contributed by atoms with Crippen LogP contribution in [0.5, 0.6) is 0 Å². The molecule has 4 rings (SSSR count). The zero-order valence-corrected chi connectivity index (χ0v) is 15.8. The maximum absolute atomic E-state index is 12.8. The van der Waals surface area contributed by atoms with Gasteiger partial charge in [0.1, 0.15) is 5.69 Å². The average molecular weight is 375 g/mol. The van der Waals surface area contributed by atoms with E-state index in [2.05, 4.69) is 20.3 Å². The van der Waals surface area contributed by atoms with Crippen LogP contribution in [-0.4, -0.2) is 39.6 Å². The lowest BCUT2D eigenvalue weighted by Crippen LogP contribution is -2.37. The minimum Gasteiger partial charge on any atom is -0.348 e. The predicted molar refractivity (Wildman–Crippen MR) is 102 cm³/mol. The summed E-state index contributed by atoms with van der Waals surface area (Å²) in [6.07, 6.45) is 10.3. The highest BCUT2D eigenvalue weighted by Crippen LogP contribution is 2.25. The molecule has 0 unspecified atom stereocenters. The van der Waals surface area contributed by atoms with Crippen LogP contribution >= 0.6 is 11.3 Å². The van der Waals surface area contributed by atoms with E-state index >= 15 is 0 Å². The molecule has 26 heavy (non-hydrogen) atoms. The monoisotopic (exact) mass is 375 g/mol. The molecule has 140 valence electrons. The van der Waals surface area contributed by atoms with E-state index in [-0.39, 0.29) is 17.5 Å². The minimum atomic E-state index is -0.384. The Hall–Kier alpha value is -1.96. The summed E-state index contributed by atoms with van der Waals surface area (Å²) in [4.78, 5) is 31.6. The summed E-state index contributed by atoms with van der Waals surface area (Å²) >= 11 is 1.39. The van der Waals surface area contributed by atoms with Gasteiger partial charge in [-0.15, -0.1) is 5.10 Å². The number of nitrogens with one attached hydrogen (secondary N) is 1. The molecule has 1 amide bonds. The fourth-order valence-corrected chi connectivity index (χ4v) is 4.82. The SMILES string of the molecule is O=C(NC1CCCCC1)c1cc(=O)nc2sc(N3CCCCCC3)nn12. The van der Waals surface area contributed by atoms with E-state index in [0.717, 1.165) is 56.7 Å². The molecule has 0 aromatic carbocycles. The van der Waals surface area contributed by atoms with E-state index in [9.17, 15) is 9.59 Å². The Morgan fingerprint density at radius 2 is 1.77 bits per heavy atom. The standard InChI is InChI=1S/C18H25N5O2S/c24-15-12-14(16(25)19-13-8-4-3-5-9-13)23-17(20-15)26-18(21-23)22-10-6-1-2-7-11-22/h12-13H,1-11H2,(H,19,25). The lowest BCUT2D eigenvalue weighted by atomic mass is 9.95. The van der Waals surface area contributed by atoms with E-state index < -0.39 is 0 Å². The lowest BCUT2D eigenvalue weighted by molar-refractivity contribution is 0.0920. The van der Waals surface area contributed by atoms with Gasteiger partial charge in [0, 0.05) is 25.2 Å². The van der Waals surface area contributed by atoms with E-state index in [4.69, 9.17) is 0 Å². The highest BCUT2D eigenvalue weighted by Gasteiger charge is 2.22. The predicted octanol–water partition coefficient (Wildman–Crippen LogP) is 2.59. The molecule has 1 saturated carbocycles. The molecule has 0 bridgehead atoms. The molecule has 3 heterocycles. The Morgan fingerprint density at radius 1 is 1.08 bits per heavy atom. The van der Waals surface area contributed by atoms with Crippen molar-refractivity contribution in [2.75, 3.05) is 18.0 Å². The first kappa shape index (κ1) is 17.5. The minimum absolute atomic E-state index is 0.193. The van der Waals surface area contributed by atoms with Crippen molar-refractivity contribution in [2.45, 2.75) is 63.8 Å². The number of anilines is 1. The third-order valence-corrected chi connectivity index (χ3v) is 6.26. The van der Waals surface area contributed by atoms with Gasteiger partial charge in [0.2, 0.25) is 10.1 Å². The van der Waals surface area contributed by atoms with Gasteiger partial charge in [0.25, 0.3) is 11.5 Å². The van der Waals surface area contributed by atoms with Crippen molar-refractivity contribution >= 4 is 27.3 Å². The number of rotatable bonds is 3. The number of hydrogen-bond acceptors (Lipinski definition) is 6. The smallest absolute Gasteiger partial charge is 0.274 e. The van der Waals surface area contributed by atoms with E-state index in [0.29, 0.717) is 10.7 Å². The van der Waals surface area contributed by atoms with Crippen molar-refractivity contribution in [3.05, 3.63) is 22.1 Å². The van der Waals surface area contributed by atoms with Crippen LogP contribution < -0.4 is 15.8 Å². The van der Waals surface area contributed by atoms with Crippen LogP contribution in [0.3, 0.4) is 0 Å². The molecule has 0 atom stereocenters. The second-order valence-corrected chi connectivity index (χ2v) is 8.20. The first-order chi connectivity index (χ1) is 12.7. The van der Waals surface area contributed by atoms with E-state index in [1.165, 1.54) is 36.7 Å². The summed E-state index contributed by atoms with van der Waals surface area (Å²) < 4.78 is 1.55. The van der Waals surface area contributed by atoms with Gasteiger partial charge in [-0.1, -0.05) is 43.4 Å². The van der Waals surface area contributed by atoms with Crippen LogP contribution in [0.4, 0.5) is 5.13 Å². The molecule has 0 spiro atoms. The van der Waals surface area contributed by atoms with Gasteiger partial charge in [-0.25, -0.2) is 0 Å². The van der Waals surface area contributed by atoms with Gasteiger partial charge in [-0.2, -0.15) is 9.50 Å². The number of aromatic nitrogens is 3. The molecule has 8 heteroatoms. The zero-order valence-electron chi connectivity index (χ0n) is 14.9. The van der Waals surface area contributed by atoms with E-state index in [1.807, 2.05) is 0 Å². The molecule has 2 aliphatic rings. The summed E-state index contributed by atoms with van der Waals surface area (Å²) in [6, 6.07) is 1.50. The first-order valence-electron chi connectivity index (χ1n) is 9.67. The summed E-state index contributed by atoms with van der Waals surface area (Å²) in [5.41, 5.74) is -0.0900. The molecule has 0 radical (unpaired) electrons. The molecular formula is C18H25N5O2S. The fourth-order valence-electron chi connectivity index (χ4n) is 3.86. The average Bonchev–Trinajstić information content (AvgIpc) is 2.88. The second kappa shape index (κ2) is 7.73. The Morgan fingerprint density at radius 3 is 2.50 bits per heavy atom. The van der Waals surface area contributed by atoms with Crippen LogP contribution in [0.25, 0.3) is 4.96 Å². The highest BCUT2D eigenvalue weighted by atomic mass is 32.1. The number of carbonyl (C=O) groups excluding carboxylic acids is 1. The van der Waals surface area contributed by atoms with Crippen molar-refractivity contribution in [3.8, 4) is 0 Å². The van der Waals surface area contributed by atoms with Crippen LogP contribution in [-0.2, 0) is 0 Å². The Labute approximate surface area is 156 Å². The van der Waals surface area contributed by atoms with Crippen LogP contribution in [0, 0.1) is 0 Å². The molecule has 7 nitrogen and oxygen atoms in total. The highest BCUT2D eigenvalue weighted by molar-refractivity contribution is 7.20. The van der Waals surface area contributed by atoms with Gasteiger partial charge in [-0.3, -0.25) is 9.59 Å². The first-order valence-corrected chi connectivity index (χ1v) is 10.5. The summed E-state index contributed by atoms with van der Waals surface area (Å²) in [5, 5.41) is 8.55. The second-order valence-electron chi connectivity index (χ2n) is 7.27. The van der Waals surface area contributed by atoms with Crippen molar-refractivity contribution in [3.63, 3.8) is 0 Å². The molecule has 2 aromatic heterocycles. The van der Waals surface area contributed by atoms with E-state index in [1.54, 1.807) is 4.52 Å². The molecular weight excluding hydrogens is 350 g/mol. The third-order valence-electron chi connectivity index (χ3n) is 5.29. The van der Waals surface area contributed by atoms with Crippen molar-refractivity contribution < 1.29 is 4.79 Å². The Balaban J connectivity index is 1.63. The normalized spacial score (nSPS) is 19.5. The number of hydrogen-bond donors (Lipinski definition) is 1. The molecule has 1 aliphatic carbocycles. The van der Waals surface area contributed by atoms with Gasteiger partial charge in [0.05, 0.1) is 0 Å². The molecule has 2 aromatic rings. The van der Waals surface area contributed by atoms with Gasteiger partial charge >= 0.3 is 0 Å². The fraction of sp³-hybridized carbons (Fsp3) is 0.667. The number of amides is 1. The van der Waals surface area contributed by atoms with Gasteiger partial charge < -0.3 is 10.2 Å². The number of nitrogens with zero attached hydrogens (tertiary/aromatic N) is 4. The number of fused-ring (bicyclic) bond motifs is 1. The van der Waals surface area contributed by atoms with Crippen LogP contribution in [0.1, 0.15) is 68.3 Å². The third kappa shape index (κ3) is 3.75. The van der Waals surface area contributed by atoms with Crippen LogP contribution in [0.15, 0.2) is 10.9 Å². The maximum Gasteiger partial charge on any atom is 0.274 e. The van der Waals surface area contributed by atoms with Crippen molar-refractivity contribution in [1.29, 1.82) is 0 Å².